The van der Waals surface area contributed by atoms with Gasteiger partial charge in [-0.05, 0) is 26.0 Å². The van der Waals surface area contributed by atoms with Crippen LogP contribution in [0, 0.1) is 6.92 Å². The first-order valence-electron chi connectivity index (χ1n) is 5.94. The molecule has 2 aromatic heterocycles. The summed E-state index contributed by atoms with van der Waals surface area (Å²) in [6.45, 7) is 3.74. The molecule has 0 saturated heterocycles. The number of hydrogen-bond donors (Lipinski definition) is 2. The molecule has 2 N–H and O–H groups in total. The highest BCUT2D eigenvalue weighted by Crippen LogP contribution is 2.25. The van der Waals surface area contributed by atoms with Crippen LogP contribution in [0.3, 0.4) is 0 Å². The van der Waals surface area contributed by atoms with Crippen molar-refractivity contribution in [2.45, 2.75) is 13.8 Å². The first-order valence-corrected chi connectivity index (χ1v) is 7.14. The monoisotopic (exact) mass is 312 g/mol. The summed E-state index contributed by atoms with van der Waals surface area (Å²) in [7, 11) is 0. The molecule has 0 fully saturated rings. The summed E-state index contributed by atoms with van der Waals surface area (Å²) in [5.74, 6) is -0.780. The first-order chi connectivity index (χ1) is 9.52. The lowest BCUT2D eigenvalue weighted by atomic mass is 10.2. The number of thiophene rings is 1. The normalized spacial score (nSPS) is 10.3. The fourth-order valence-corrected chi connectivity index (χ4v) is 2.65. The average molecular weight is 313 g/mol. The van der Waals surface area contributed by atoms with Crippen LogP contribution in [0.2, 0.25) is 4.34 Å². The van der Waals surface area contributed by atoms with Crippen molar-refractivity contribution in [1.82, 2.24) is 4.98 Å². The van der Waals surface area contributed by atoms with Gasteiger partial charge in [0, 0.05) is 11.9 Å². The minimum Gasteiger partial charge on any atom is -0.462 e. The second-order valence-corrected chi connectivity index (χ2v) is 5.70. The molecule has 0 radical (unpaired) electrons. The van der Waals surface area contributed by atoms with Crippen molar-refractivity contribution in [3.8, 4) is 0 Å². The number of anilines is 1. The largest absolute Gasteiger partial charge is 0.462 e. The standard InChI is InChI=1S/C13H13ClN2O3S/c1-3-19-13(18)11-7(2)15-6-8(11)16-12(17)9-4-5-10(14)20-9/h4-6,15H,3H2,1-2H3,(H,16,17). The molecule has 2 rings (SSSR count). The van der Waals surface area contributed by atoms with E-state index in [-0.39, 0.29) is 12.5 Å². The number of hydrogen-bond acceptors (Lipinski definition) is 4. The van der Waals surface area contributed by atoms with E-state index >= 15 is 0 Å². The maximum Gasteiger partial charge on any atom is 0.342 e. The third kappa shape index (κ3) is 3.02. The van der Waals surface area contributed by atoms with Crippen LogP contribution in [0.4, 0.5) is 5.69 Å². The van der Waals surface area contributed by atoms with Gasteiger partial charge < -0.3 is 15.0 Å². The number of carbonyl (C=O) groups excluding carboxylic acids is 2. The summed E-state index contributed by atoms with van der Waals surface area (Å²) >= 11 is 6.97. The Bertz CT molecular complexity index is 648. The highest BCUT2D eigenvalue weighted by molar-refractivity contribution is 7.18. The van der Waals surface area contributed by atoms with Crippen LogP contribution in [-0.2, 0) is 4.74 Å². The third-order valence-corrected chi connectivity index (χ3v) is 3.83. The molecular weight excluding hydrogens is 300 g/mol. The highest BCUT2D eigenvalue weighted by Gasteiger charge is 2.20. The lowest BCUT2D eigenvalue weighted by Gasteiger charge is -2.06. The number of aryl methyl sites for hydroxylation is 1. The third-order valence-electron chi connectivity index (χ3n) is 2.60. The zero-order valence-electron chi connectivity index (χ0n) is 11.0. The van der Waals surface area contributed by atoms with Gasteiger partial charge in [0.1, 0.15) is 5.56 Å². The molecule has 0 aliphatic rings. The van der Waals surface area contributed by atoms with Gasteiger partial charge in [-0.25, -0.2) is 4.79 Å². The number of ether oxygens (including phenoxy) is 1. The molecule has 0 aliphatic heterocycles. The molecule has 20 heavy (non-hydrogen) atoms. The summed E-state index contributed by atoms with van der Waals surface area (Å²) in [6, 6.07) is 3.28. The quantitative estimate of drug-likeness (QED) is 0.849. The molecule has 2 heterocycles. The van der Waals surface area contributed by atoms with Gasteiger partial charge in [-0.15, -0.1) is 11.3 Å². The molecule has 0 spiro atoms. The molecule has 0 saturated carbocycles. The number of rotatable bonds is 4. The number of amides is 1. The summed E-state index contributed by atoms with van der Waals surface area (Å²) in [5, 5.41) is 2.68. The maximum absolute atomic E-state index is 12.0. The molecule has 0 aromatic carbocycles. The van der Waals surface area contributed by atoms with Crippen LogP contribution in [0.1, 0.15) is 32.6 Å². The van der Waals surface area contributed by atoms with Crippen LogP contribution in [-0.4, -0.2) is 23.5 Å². The number of aromatic amines is 1. The van der Waals surface area contributed by atoms with Gasteiger partial charge in [-0.2, -0.15) is 0 Å². The van der Waals surface area contributed by atoms with Crippen LogP contribution in [0.15, 0.2) is 18.3 Å². The highest BCUT2D eigenvalue weighted by atomic mass is 35.5. The van der Waals surface area contributed by atoms with E-state index in [1.165, 1.54) is 11.3 Å². The number of halogens is 1. The Morgan fingerprint density at radius 3 is 2.80 bits per heavy atom. The first kappa shape index (κ1) is 14.6. The Balaban J connectivity index is 2.22. The molecule has 1 amide bonds. The molecule has 5 nitrogen and oxygen atoms in total. The lowest BCUT2D eigenvalue weighted by molar-refractivity contribution is 0.0527. The SMILES string of the molecule is CCOC(=O)c1c(NC(=O)c2ccc(Cl)s2)c[nH]c1C. The lowest BCUT2D eigenvalue weighted by Crippen LogP contribution is -2.14. The minimum atomic E-state index is -0.467. The van der Waals surface area contributed by atoms with Crippen LogP contribution < -0.4 is 5.32 Å². The molecule has 0 bridgehead atoms. The van der Waals surface area contributed by atoms with Crippen molar-refractivity contribution < 1.29 is 14.3 Å². The zero-order chi connectivity index (χ0) is 14.7. The summed E-state index contributed by atoms with van der Waals surface area (Å²) in [4.78, 5) is 27.3. The smallest absolute Gasteiger partial charge is 0.342 e. The Labute approximate surface area is 124 Å². The van der Waals surface area contributed by atoms with Gasteiger partial charge >= 0.3 is 5.97 Å². The van der Waals surface area contributed by atoms with E-state index < -0.39 is 5.97 Å². The van der Waals surface area contributed by atoms with Gasteiger partial charge in [0.25, 0.3) is 5.91 Å². The molecule has 0 atom stereocenters. The van der Waals surface area contributed by atoms with Gasteiger partial charge in [0.05, 0.1) is 21.5 Å². The van der Waals surface area contributed by atoms with Crippen molar-refractivity contribution in [3.63, 3.8) is 0 Å². The number of H-pyrrole nitrogens is 1. The molecule has 7 heteroatoms. The van der Waals surface area contributed by atoms with Crippen molar-refractivity contribution >= 4 is 40.5 Å². The Morgan fingerprint density at radius 2 is 2.20 bits per heavy atom. The summed E-state index contributed by atoms with van der Waals surface area (Å²) < 4.78 is 5.50. The van der Waals surface area contributed by atoms with Crippen molar-refractivity contribution in [1.29, 1.82) is 0 Å². The molecule has 0 aliphatic carbocycles. The van der Waals surface area contributed by atoms with E-state index in [0.717, 1.165) is 0 Å². The summed E-state index contributed by atoms with van der Waals surface area (Å²) in [5.41, 5.74) is 1.38. The maximum atomic E-state index is 12.0. The van der Waals surface area contributed by atoms with E-state index in [1.54, 1.807) is 32.2 Å². The molecule has 106 valence electrons. The minimum absolute atomic E-state index is 0.275. The van der Waals surface area contributed by atoms with Gasteiger partial charge in [-0.1, -0.05) is 11.6 Å². The Kier molecular flexibility index (Phi) is 4.46. The van der Waals surface area contributed by atoms with Crippen LogP contribution >= 0.6 is 22.9 Å². The van der Waals surface area contributed by atoms with Gasteiger partial charge in [0.15, 0.2) is 0 Å². The Hall–Kier alpha value is -1.79. The summed E-state index contributed by atoms with van der Waals surface area (Å²) in [6.07, 6.45) is 1.56. The predicted molar refractivity (Wildman–Crippen MR) is 78.8 cm³/mol. The number of carbonyl (C=O) groups is 2. The van der Waals surface area contributed by atoms with Crippen LogP contribution in [0.25, 0.3) is 0 Å². The van der Waals surface area contributed by atoms with E-state index in [1.807, 2.05) is 0 Å². The van der Waals surface area contributed by atoms with Gasteiger partial charge in [-0.3, -0.25) is 4.79 Å². The molecular formula is C13H13ClN2O3S. The fourth-order valence-electron chi connectivity index (χ4n) is 1.71. The van der Waals surface area contributed by atoms with E-state index in [2.05, 4.69) is 10.3 Å². The van der Waals surface area contributed by atoms with Crippen molar-refractivity contribution in [2.24, 2.45) is 0 Å². The fraction of sp³-hybridized carbons (Fsp3) is 0.231. The molecule has 2 aromatic rings. The Morgan fingerprint density at radius 1 is 1.45 bits per heavy atom. The van der Waals surface area contributed by atoms with E-state index in [0.29, 0.717) is 26.2 Å². The second-order valence-electron chi connectivity index (χ2n) is 3.98. The second kappa shape index (κ2) is 6.11. The van der Waals surface area contributed by atoms with Crippen molar-refractivity contribution in [3.05, 3.63) is 38.8 Å². The van der Waals surface area contributed by atoms with Crippen LogP contribution in [0.5, 0.6) is 0 Å². The number of esters is 1. The van der Waals surface area contributed by atoms with Gasteiger partial charge in [0.2, 0.25) is 0 Å². The zero-order valence-corrected chi connectivity index (χ0v) is 12.5. The number of nitrogens with one attached hydrogen (secondary N) is 2. The molecule has 0 unspecified atom stereocenters. The topological polar surface area (TPSA) is 71.2 Å². The van der Waals surface area contributed by atoms with E-state index in [4.69, 9.17) is 16.3 Å². The number of aromatic nitrogens is 1. The average Bonchev–Trinajstić information content (AvgIpc) is 2.96. The van der Waals surface area contributed by atoms with Crippen molar-refractivity contribution in [2.75, 3.05) is 11.9 Å². The van der Waals surface area contributed by atoms with E-state index in [9.17, 15) is 9.59 Å². The predicted octanol–water partition coefficient (Wildman–Crippen LogP) is 3.47.